The summed E-state index contributed by atoms with van der Waals surface area (Å²) in [5.41, 5.74) is 5.72. The number of thiazole rings is 1. The number of benzene rings is 2. The number of carbonyl (C=O) groups is 1. The van der Waals surface area contributed by atoms with E-state index in [4.69, 9.17) is 4.98 Å². The van der Waals surface area contributed by atoms with E-state index in [1.54, 1.807) is 34.6 Å². The molecule has 1 amide bonds. The number of hydrogen-bond acceptors (Lipinski definition) is 5. The molecule has 0 fully saturated rings. The summed E-state index contributed by atoms with van der Waals surface area (Å²) >= 11 is 1.57. The SMILES string of the molecule is Cc1c(C(=O)Nc2cccc(-c3csc(-c4cccnc4)n3)c2)cnn1-c1ccccc1. The number of carbonyl (C=O) groups excluding carboxylic acids is 1. The lowest BCUT2D eigenvalue weighted by atomic mass is 10.1. The summed E-state index contributed by atoms with van der Waals surface area (Å²) < 4.78 is 1.76. The summed E-state index contributed by atoms with van der Waals surface area (Å²) in [6.45, 7) is 1.89. The van der Waals surface area contributed by atoms with Crippen LogP contribution in [0.4, 0.5) is 5.69 Å². The first kappa shape index (κ1) is 19.8. The quantitative estimate of drug-likeness (QED) is 0.387. The van der Waals surface area contributed by atoms with E-state index >= 15 is 0 Å². The van der Waals surface area contributed by atoms with E-state index < -0.39 is 0 Å². The second kappa shape index (κ2) is 8.56. The van der Waals surface area contributed by atoms with Crippen molar-refractivity contribution in [3.8, 4) is 27.5 Å². The van der Waals surface area contributed by atoms with Gasteiger partial charge in [0.2, 0.25) is 0 Å². The predicted octanol–water partition coefficient (Wildman–Crippen LogP) is 5.62. The van der Waals surface area contributed by atoms with E-state index in [0.717, 1.165) is 33.2 Å². The van der Waals surface area contributed by atoms with Crippen LogP contribution in [0.3, 0.4) is 0 Å². The Balaban J connectivity index is 1.37. The minimum absolute atomic E-state index is 0.198. The first-order valence-electron chi connectivity index (χ1n) is 10.1. The number of aromatic nitrogens is 4. The van der Waals surface area contributed by atoms with Gasteiger partial charge in [0.15, 0.2) is 0 Å². The highest BCUT2D eigenvalue weighted by atomic mass is 32.1. The summed E-state index contributed by atoms with van der Waals surface area (Å²) in [7, 11) is 0. The van der Waals surface area contributed by atoms with Crippen molar-refractivity contribution in [2.75, 3.05) is 5.32 Å². The maximum Gasteiger partial charge on any atom is 0.259 e. The Morgan fingerprint density at radius 3 is 2.62 bits per heavy atom. The molecule has 3 aromatic heterocycles. The third kappa shape index (κ3) is 3.93. The molecule has 0 unspecified atom stereocenters. The molecule has 32 heavy (non-hydrogen) atoms. The molecule has 0 spiro atoms. The predicted molar refractivity (Wildman–Crippen MR) is 127 cm³/mol. The molecule has 0 radical (unpaired) electrons. The molecule has 3 heterocycles. The van der Waals surface area contributed by atoms with Crippen LogP contribution in [-0.2, 0) is 0 Å². The van der Waals surface area contributed by atoms with Crippen LogP contribution in [0.25, 0.3) is 27.5 Å². The zero-order valence-electron chi connectivity index (χ0n) is 17.3. The van der Waals surface area contributed by atoms with Crippen molar-refractivity contribution in [2.45, 2.75) is 6.92 Å². The molecular formula is C25H19N5OS. The average Bonchev–Trinajstić information content (AvgIpc) is 3.48. The maximum atomic E-state index is 12.9. The standard InChI is InChI=1S/C25H19N5OS/c1-17-22(15-27-30(17)21-10-3-2-4-11-21)24(31)28-20-9-5-7-18(13-20)23-16-32-25(29-23)19-8-6-12-26-14-19/h2-16H,1H3,(H,28,31). The fourth-order valence-electron chi connectivity index (χ4n) is 3.44. The van der Waals surface area contributed by atoms with E-state index in [-0.39, 0.29) is 5.91 Å². The Kier molecular flexibility index (Phi) is 5.31. The molecule has 0 bridgehead atoms. The third-order valence-corrected chi connectivity index (χ3v) is 5.98. The van der Waals surface area contributed by atoms with Crippen LogP contribution < -0.4 is 5.32 Å². The Hall–Kier alpha value is -4.10. The van der Waals surface area contributed by atoms with Crippen LogP contribution >= 0.6 is 11.3 Å². The van der Waals surface area contributed by atoms with Gasteiger partial charge < -0.3 is 5.32 Å². The Labute approximate surface area is 189 Å². The zero-order chi connectivity index (χ0) is 21.9. The first-order chi connectivity index (χ1) is 15.7. The molecule has 1 N–H and O–H groups in total. The van der Waals surface area contributed by atoms with Crippen molar-refractivity contribution in [3.63, 3.8) is 0 Å². The molecule has 0 aliphatic carbocycles. The van der Waals surface area contributed by atoms with Crippen LogP contribution in [0.1, 0.15) is 16.1 Å². The van der Waals surface area contributed by atoms with Gasteiger partial charge in [-0.05, 0) is 43.3 Å². The first-order valence-corrected chi connectivity index (χ1v) is 10.9. The fourth-order valence-corrected chi connectivity index (χ4v) is 4.26. The largest absolute Gasteiger partial charge is 0.322 e. The summed E-state index contributed by atoms with van der Waals surface area (Å²) in [4.78, 5) is 21.8. The number of para-hydroxylation sites is 1. The molecular weight excluding hydrogens is 418 g/mol. The summed E-state index contributed by atoms with van der Waals surface area (Å²) in [5, 5.41) is 10.3. The molecule has 2 aromatic carbocycles. The van der Waals surface area contributed by atoms with Gasteiger partial charge in [0, 0.05) is 34.6 Å². The second-order valence-corrected chi connectivity index (χ2v) is 8.06. The lowest BCUT2D eigenvalue weighted by molar-refractivity contribution is 0.102. The van der Waals surface area contributed by atoms with Gasteiger partial charge in [-0.25, -0.2) is 9.67 Å². The summed E-state index contributed by atoms with van der Waals surface area (Å²) in [5.74, 6) is -0.198. The Morgan fingerprint density at radius 2 is 1.81 bits per heavy atom. The number of nitrogens with zero attached hydrogens (tertiary/aromatic N) is 4. The number of pyridine rings is 1. The minimum atomic E-state index is -0.198. The smallest absolute Gasteiger partial charge is 0.259 e. The summed E-state index contributed by atoms with van der Waals surface area (Å²) in [6.07, 6.45) is 5.15. The molecule has 156 valence electrons. The molecule has 0 aliphatic heterocycles. The topological polar surface area (TPSA) is 72.7 Å². The van der Waals surface area contributed by atoms with Crippen LogP contribution in [0.15, 0.2) is 90.7 Å². The molecule has 0 saturated heterocycles. The lowest BCUT2D eigenvalue weighted by Gasteiger charge is -2.08. The van der Waals surface area contributed by atoms with E-state index in [9.17, 15) is 4.79 Å². The van der Waals surface area contributed by atoms with Gasteiger partial charge in [-0.3, -0.25) is 9.78 Å². The van der Waals surface area contributed by atoms with Gasteiger partial charge in [0.1, 0.15) is 5.01 Å². The molecule has 7 heteroatoms. The molecule has 0 aliphatic rings. The van der Waals surface area contributed by atoms with E-state index in [1.165, 1.54) is 0 Å². The minimum Gasteiger partial charge on any atom is -0.322 e. The highest BCUT2D eigenvalue weighted by Crippen LogP contribution is 2.29. The zero-order valence-corrected chi connectivity index (χ0v) is 18.1. The van der Waals surface area contributed by atoms with Crippen molar-refractivity contribution in [1.82, 2.24) is 19.7 Å². The highest BCUT2D eigenvalue weighted by Gasteiger charge is 2.16. The van der Waals surface area contributed by atoms with E-state index in [1.807, 2.05) is 79.0 Å². The van der Waals surface area contributed by atoms with Crippen LogP contribution in [0, 0.1) is 6.92 Å². The highest BCUT2D eigenvalue weighted by molar-refractivity contribution is 7.13. The number of hydrogen-bond donors (Lipinski definition) is 1. The van der Waals surface area contributed by atoms with Crippen molar-refractivity contribution in [2.24, 2.45) is 0 Å². The van der Waals surface area contributed by atoms with E-state index in [2.05, 4.69) is 15.4 Å². The van der Waals surface area contributed by atoms with Gasteiger partial charge >= 0.3 is 0 Å². The Morgan fingerprint density at radius 1 is 0.969 bits per heavy atom. The molecule has 6 nitrogen and oxygen atoms in total. The van der Waals surface area contributed by atoms with E-state index in [0.29, 0.717) is 11.3 Å². The molecule has 0 saturated carbocycles. The van der Waals surface area contributed by atoms with Crippen molar-refractivity contribution >= 4 is 22.9 Å². The monoisotopic (exact) mass is 437 g/mol. The number of nitrogens with one attached hydrogen (secondary N) is 1. The van der Waals surface area contributed by atoms with Gasteiger partial charge in [-0.2, -0.15) is 5.10 Å². The van der Waals surface area contributed by atoms with Gasteiger partial charge in [0.05, 0.1) is 28.8 Å². The molecule has 5 rings (SSSR count). The third-order valence-electron chi connectivity index (χ3n) is 5.08. The maximum absolute atomic E-state index is 12.9. The Bertz CT molecular complexity index is 1380. The van der Waals surface area contributed by atoms with Gasteiger partial charge in [0.25, 0.3) is 5.91 Å². The van der Waals surface area contributed by atoms with Crippen molar-refractivity contribution < 1.29 is 4.79 Å². The van der Waals surface area contributed by atoms with Crippen LogP contribution in [0.2, 0.25) is 0 Å². The van der Waals surface area contributed by atoms with Crippen molar-refractivity contribution in [1.29, 1.82) is 0 Å². The lowest BCUT2D eigenvalue weighted by Crippen LogP contribution is -2.13. The number of amides is 1. The summed E-state index contributed by atoms with van der Waals surface area (Å²) in [6, 6.07) is 21.3. The van der Waals surface area contributed by atoms with Crippen LogP contribution in [0.5, 0.6) is 0 Å². The average molecular weight is 438 g/mol. The number of rotatable bonds is 5. The number of anilines is 1. The van der Waals surface area contributed by atoms with Gasteiger partial charge in [-0.15, -0.1) is 11.3 Å². The van der Waals surface area contributed by atoms with Crippen LogP contribution in [-0.4, -0.2) is 25.7 Å². The molecule has 0 atom stereocenters. The molecule has 5 aromatic rings. The fraction of sp³-hybridized carbons (Fsp3) is 0.0400. The second-order valence-electron chi connectivity index (χ2n) is 7.21. The van der Waals surface area contributed by atoms with Gasteiger partial charge in [-0.1, -0.05) is 30.3 Å². The normalized spacial score (nSPS) is 10.8. The van der Waals surface area contributed by atoms with Crippen molar-refractivity contribution in [3.05, 3.63) is 102 Å².